The highest BCUT2D eigenvalue weighted by Gasteiger charge is 2.17. The van der Waals surface area contributed by atoms with Crippen molar-refractivity contribution in [1.29, 1.82) is 0 Å². The molecule has 0 spiro atoms. The average molecular weight is 493 g/mol. The largest absolute Gasteiger partial charge is 0.461 e. The van der Waals surface area contributed by atoms with Crippen molar-refractivity contribution < 1.29 is 13.6 Å². The van der Waals surface area contributed by atoms with Gasteiger partial charge in [-0.3, -0.25) is 4.79 Å². The third kappa shape index (κ3) is 3.71. The van der Waals surface area contributed by atoms with Gasteiger partial charge in [-0.2, -0.15) is 0 Å². The molecule has 0 bridgehead atoms. The Morgan fingerprint density at radius 3 is 2.38 bits per heavy atom. The topological polar surface area (TPSA) is 77.4 Å². The van der Waals surface area contributed by atoms with Crippen molar-refractivity contribution in [2.45, 2.75) is 47.1 Å². The Labute approximate surface area is 213 Å². The summed E-state index contributed by atoms with van der Waals surface area (Å²) < 4.78 is 13.7. The van der Waals surface area contributed by atoms with Crippen molar-refractivity contribution in [3.05, 3.63) is 87.5 Å². The number of nitrogens with zero attached hydrogens (tertiary/aromatic N) is 1. The molecule has 0 atom stereocenters. The van der Waals surface area contributed by atoms with Gasteiger partial charge in [0.2, 0.25) is 5.91 Å². The molecule has 3 aromatic heterocycles. The quantitative estimate of drug-likeness (QED) is 0.259. The number of carbonyl (C=O) groups excluding carboxylic acids is 1. The summed E-state index contributed by atoms with van der Waals surface area (Å²) >= 11 is 0. The van der Waals surface area contributed by atoms with Gasteiger partial charge in [0.05, 0.1) is 0 Å². The van der Waals surface area contributed by atoms with E-state index in [2.05, 4.69) is 35.0 Å². The molecule has 0 aliphatic heterocycles. The Bertz CT molecular complexity index is 1920. The summed E-state index contributed by atoms with van der Waals surface area (Å²) in [5.74, 6) is 0.703. The molecule has 1 amide bonds. The number of nitrogens with one attached hydrogen (secondary N) is 1. The summed E-state index contributed by atoms with van der Waals surface area (Å²) in [6.45, 7) is 8.86. The molecule has 3 heterocycles. The minimum atomic E-state index is -0.411. The van der Waals surface area contributed by atoms with Crippen molar-refractivity contribution in [3.63, 3.8) is 0 Å². The highest BCUT2D eigenvalue weighted by Crippen LogP contribution is 2.32. The maximum absolute atomic E-state index is 12.9. The van der Waals surface area contributed by atoms with Gasteiger partial charge in [-0.1, -0.05) is 18.2 Å². The van der Waals surface area contributed by atoms with E-state index in [9.17, 15) is 9.59 Å². The van der Waals surface area contributed by atoms with Gasteiger partial charge >= 0.3 is 5.63 Å². The van der Waals surface area contributed by atoms with Gasteiger partial charge in [0.1, 0.15) is 16.9 Å². The zero-order valence-electron chi connectivity index (χ0n) is 21.4. The number of hydrogen-bond acceptors (Lipinski definition) is 4. The molecular formula is C31H28N2O4. The molecule has 0 saturated heterocycles. The van der Waals surface area contributed by atoms with Gasteiger partial charge < -0.3 is 18.7 Å². The molecular weight excluding hydrogens is 464 g/mol. The Kier molecular flexibility index (Phi) is 5.41. The first-order valence-electron chi connectivity index (χ1n) is 12.6. The fourth-order valence-electron chi connectivity index (χ4n) is 5.45. The molecule has 6 heteroatoms. The molecule has 0 saturated carbocycles. The lowest BCUT2D eigenvalue weighted by Crippen LogP contribution is -2.16. The van der Waals surface area contributed by atoms with Crippen molar-refractivity contribution >= 4 is 55.3 Å². The maximum atomic E-state index is 12.9. The van der Waals surface area contributed by atoms with E-state index >= 15 is 0 Å². The number of furan rings is 1. The number of aryl methyl sites for hydroxylation is 4. The Balaban J connectivity index is 1.27. The molecule has 0 unspecified atom stereocenters. The van der Waals surface area contributed by atoms with Crippen LogP contribution in [0.1, 0.15) is 35.8 Å². The summed E-state index contributed by atoms with van der Waals surface area (Å²) in [5, 5.41) is 7.16. The van der Waals surface area contributed by atoms with Crippen LogP contribution < -0.4 is 10.9 Å². The van der Waals surface area contributed by atoms with E-state index in [0.29, 0.717) is 23.2 Å². The molecule has 0 aliphatic rings. The lowest BCUT2D eigenvalue weighted by Gasteiger charge is -2.09. The number of benzene rings is 3. The van der Waals surface area contributed by atoms with Crippen LogP contribution in [-0.4, -0.2) is 10.5 Å². The first-order valence-corrected chi connectivity index (χ1v) is 12.6. The molecule has 0 aliphatic carbocycles. The minimum absolute atomic E-state index is 0.144. The van der Waals surface area contributed by atoms with Crippen LogP contribution in [0.5, 0.6) is 0 Å². The van der Waals surface area contributed by atoms with E-state index < -0.39 is 5.63 Å². The van der Waals surface area contributed by atoms with E-state index in [4.69, 9.17) is 8.83 Å². The minimum Gasteiger partial charge on any atom is -0.461 e. The summed E-state index contributed by atoms with van der Waals surface area (Å²) in [4.78, 5) is 25.7. The summed E-state index contributed by atoms with van der Waals surface area (Å²) in [6, 6.07) is 18.1. The number of rotatable bonds is 5. The van der Waals surface area contributed by atoms with Crippen molar-refractivity contribution in [3.8, 4) is 0 Å². The molecule has 37 heavy (non-hydrogen) atoms. The summed E-state index contributed by atoms with van der Waals surface area (Å²) in [6.07, 6.45) is 0.479. The molecule has 3 aromatic carbocycles. The van der Waals surface area contributed by atoms with Crippen LogP contribution in [0, 0.1) is 20.8 Å². The van der Waals surface area contributed by atoms with Crippen LogP contribution in [-0.2, 0) is 17.8 Å². The first kappa shape index (κ1) is 23.1. The first-order chi connectivity index (χ1) is 17.9. The number of carbonyl (C=O) groups is 1. The summed E-state index contributed by atoms with van der Waals surface area (Å²) in [5.41, 5.74) is 6.30. The van der Waals surface area contributed by atoms with E-state index in [-0.39, 0.29) is 12.3 Å². The molecule has 0 radical (unpaired) electrons. The Hall–Kier alpha value is -4.32. The van der Waals surface area contributed by atoms with Crippen LogP contribution in [0.4, 0.5) is 5.69 Å². The third-order valence-electron chi connectivity index (χ3n) is 7.56. The molecule has 186 valence electrons. The van der Waals surface area contributed by atoms with E-state index in [0.717, 1.165) is 56.2 Å². The highest BCUT2D eigenvalue weighted by atomic mass is 16.4. The standard InChI is InChI=1S/C31H28N2O4/c1-5-33-26-9-7-6-8-22(26)25-14-20(10-12-27(25)33)32-30(34)13-11-21-18(3)24-15-23-17(2)19(4)36-28(23)16-29(24)37-31(21)35/h6-10,12,14-16H,5,11,13H2,1-4H3,(H,32,34). The second-order valence-corrected chi connectivity index (χ2v) is 9.66. The summed E-state index contributed by atoms with van der Waals surface area (Å²) in [7, 11) is 0. The molecule has 6 nitrogen and oxygen atoms in total. The average Bonchev–Trinajstić information content (AvgIpc) is 3.35. The second kappa shape index (κ2) is 8.66. The third-order valence-corrected chi connectivity index (χ3v) is 7.56. The van der Waals surface area contributed by atoms with Crippen LogP contribution in [0.2, 0.25) is 0 Å². The molecule has 6 aromatic rings. The van der Waals surface area contributed by atoms with Crippen LogP contribution in [0.15, 0.2) is 68.2 Å². The fraction of sp³-hybridized carbons (Fsp3) is 0.226. The van der Waals surface area contributed by atoms with Gasteiger partial charge in [-0.25, -0.2) is 4.79 Å². The van der Waals surface area contributed by atoms with Gasteiger partial charge in [-0.05, 0) is 75.6 Å². The monoisotopic (exact) mass is 492 g/mol. The van der Waals surface area contributed by atoms with Crippen LogP contribution >= 0.6 is 0 Å². The van der Waals surface area contributed by atoms with Gasteiger partial charge in [0.15, 0.2) is 0 Å². The van der Waals surface area contributed by atoms with Gasteiger partial charge in [-0.15, -0.1) is 0 Å². The molecule has 6 rings (SSSR count). The predicted octanol–water partition coefficient (Wildman–Crippen LogP) is 7.16. The fourth-order valence-corrected chi connectivity index (χ4v) is 5.45. The van der Waals surface area contributed by atoms with E-state index in [1.54, 1.807) is 6.07 Å². The SMILES string of the molecule is CCn1c2ccccc2c2cc(NC(=O)CCc3c(C)c4cc5c(C)c(C)oc5cc4oc3=O)ccc21. The number of aromatic nitrogens is 1. The van der Waals surface area contributed by atoms with Gasteiger partial charge in [0, 0.05) is 62.9 Å². The smallest absolute Gasteiger partial charge is 0.339 e. The van der Waals surface area contributed by atoms with E-state index in [1.807, 2.05) is 51.1 Å². The van der Waals surface area contributed by atoms with Gasteiger partial charge in [0.25, 0.3) is 0 Å². The number of hydrogen-bond donors (Lipinski definition) is 1. The van der Waals surface area contributed by atoms with E-state index in [1.165, 1.54) is 5.52 Å². The molecule has 0 fully saturated rings. The number of amides is 1. The normalized spacial score (nSPS) is 11.8. The Morgan fingerprint density at radius 1 is 0.838 bits per heavy atom. The highest BCUT2D eigenvalue weighted by molar-refractivity contribution is 6.09. The van der Waals surface area contributed by atoms with Crippen LogP contribution in [0.3, 0.4) is 0 Å². The maximum Gasteiger partial charge on any atom is 0.339 e. The zero-order valence-corrected chi connectivity index (χ0v) is 21.4. The van der Waals surface area contributed by atoms with Crippen molar-refractivity contribution in [2.75, 3.05) is 5.32 Å². The second-order valence-electron chi connectivity index (χ2n) is 9.66. The molecule has 1 N–H and O–H groups in total. The lowest BCUT2D eigenvalue weighted by atomic mass is 10.0. The van der Waals surface area contributed by atoms with Crippen molar-refractivity contribution in [2.24, 2.45) is 0 Å². The van der Waals surface area contributed by atoms with Crippen LogP contribution in [0.25, 0.3) is 43.7 Å². The zero-order chi connectivity index (χ0) is 25.8. The van der Waals surface area contributed by atoms with Crippen molar-refractivity contribution in [1.82, 2.24) is 4.57 Å². The lowest BCUT2D eigenvalue weighted by molar-refractivity contribution is -0.116. The Morgan fingerprint density at radius 2 is 1.57 bits per heavy atom. The number of fused-ring (bicyclic) bond motifs is 5. The number of anilines is 1. The number of para-hydroxylation sites is 1. The predicted molar refractivity (Wildman–Crippen MR) is 149 cm³/mol.